The number of hydrogen-bond donors (Lipinski definition) is 1. The minimum atomic E-state index is -3.78. The molecular formula is C18H21F2N3O2. The summed E-state index contributed by atoms with van der Waals surface area (Å²) in [5, 5.41) is 9.91. The number of carbonyl (C=O) groups is 1. The smallest absolute Gasteiger partial charge is 0.352 e. The number of aromatic nitrogens is 2. The van der Waals surface area contributed by atoms with Crippen LogP contribution in [0.15, 0.2) is 42.7 Å². The molecule has 134 valence electrons. The number of benzene rings is 1. The molecule has 0 spiro atoms. The molecule has 0 aliphatic heterocycles. The maximum absolute atomic E-state index is 14.3. The fraction of sp³-hybridized carbons (Fsp3) is 0.444. The molecule has 3 rings (SSSR count). The molecule has 1 aromatic carbocycles. The normalized spacial score (nSPS) is 16.3. The standard InChI is InChI=1S/C18H21F2N3O2/c1-22(16(24)18(19,20)17(25)8-5-9-17)13-15-21-10-11-23(15)12-14-6-3-2-4-7-14/h2-4,6-7,10-11,25H,5,8-9,12-13H2,1H3. The first-order chi connectivity index (χ1) is 11.8. The van der Waals surface area contributed by atoms with Crippen LogP contribution in [0.2, 0.25) is 0 Å². The summed E-state index contributed by atoms with van der Waals surface area (Å²) >= 11 is 0. The molecule has 0 unspecified atom stereocenters. The van der Waals surface area contributed by atoms with Crippen LogP contribution in [0.1, 0.15) is 30.7 Å². The summed E-state index contributed by atoms with van der Waals surface area (Å²) in [5.74, 6) is -4.64. The van der Waals surface area contributed by atoms with Gasteiger partial charge in [-0.2, -0.15) is 8.78 Å². The molecule has 1 saturated carbocycles. The molecule has 0 radical (unpaired) electrons. The van der Waals surface area contributed by atoms with Crippen LogP contribution in [0.3, 0.4) is 0 Å². The minimum Gasteiger partial charge on any atom is -0.383 e. The van der Waals surface area contributed by atoms with Gasteiger partial charge in [-0.1, -0.05) is 30.3 Å². The number of nitrogens with zero attached hydrogens (tertiary/aromatic N) is 3. The maximum atomic E-state index is 14.3. The molecule has 1 N–H and O–H groups in total. The molecule has 2 aromatic rings. The van der Waals surface area contributed by atoms with E-state index in [1.165, 1.54) is 7.05 Å². The first kappa shape index (κ1) is 17.5. The Kier molecular flexibility index (Phi) is 4.60. The summed E-state index contributed by atoms with van der Waals surface area (Å²) in [6.07, 6.45) is 3.72. The third-order valence-corrected chi connectivity index (χ3v) is 4.76. The lowest BCUT2D eigenvalue weighted by Gasteiger charge is -2.42. The second-order valence-electron chi connectivity index (χ2n) is 6.58. The van der Waals surface area contributed by atoms with Gasteiger partial charge in [0.1, 0.15) is 11.4 Å². The van der Waals surface area contributed by atoms with Crippen LogP contribution in [0, 0.1) is 0 Å². The van der Waals surface area contributed by atoms with Gasteiger partial charge in [-0.25, -0.2) is 4.98 Å². The zero-order chi connectivity index (χ0) is 18.1. The van der Waals surface area contributed by atoms with Crippen LogP contribution in [-0.4, -0.2) is 44.0 Å². The van der Waals surface area contributed by atoms with Crippen molar-refractivity contribution in [1.82, 2.24) is 14.5 Å². The van der Waals surface area contributed by atoms with Gasteiger partial charge in [0.25, 0.3) is 5.91 Å². The lowest BCUT2D eigenvalue weighted by atomic mass is 9.75. The van der Waals surface area contributed by atoms with E-state index in [1.807, 2.05) is 34.9 Å². The van der Waals surface area contributed by atoms with Gasteiger partial charge in [0.05, 0.1) is 6.54 Å². The van der Waals surface area contributed by atoms with Crippen LogP contribution in [0.25, 0.3) is 0 Å². The predicted octanol–water partition coefficient (Wildman–Crippen LogP) is 2.44. The van der Waals surface area contributed by atoms with Crippen LogP contribution in [-0.2, 0) is 17.9 Å². The van der Waals surface area contributed by atoms with E-state index in [0.717, 1.165) is 10.5 Å². The van der Waals surface area contributed by atoms with Crippen molar-refractivity contribution in [2.75, 3.05) is 7.05 Å². The summed E-state index contributed by atoms with van der Waals surface area (Å²) in [6.45, 7) is 0.489. The van der Waals surface area contributed by atoms with Crippen molar-refractivity contribution < 1.29 is 18.7 Å². The van der Waals surface area contributed by atoms with E-state index in [4.69, 9.17) is 0 Å². The van der Waals surface area contributed by atoms with E-state index in [2.05, 4.69) is 4.98 Å². The highest BCUT2D eigenvalue weighted by Crippen LogP contribution is 2.45. The van der Waals surface area contributed by atoms with Gasteiger partial charge in [-0.05, 0) is 24.8 Å². The molecule has 1 aliphatic rings. The zero-order valence-corrected chi connectivity index (χ0v) is 14.0. The van der Waals surface area contributed by atoms with Gasteiger partial charge in [-0.3, -0.25) is 4.79 Å². The van der Waals surface area contributed by atoms with Crippen LogP contribution >= 0.6 is 0 Å². The van der Waals surface area contributed by atoms with E-state index in [0.29, 0.717) is 18.8 Å². The predicted molar refractivity (Wildman–Crippen MR) is 88.0 cm³/mol. The number of amides is 1. The van der Waals surface area contributed by atoms with E-state index < -0.39 is 17.4 Å². The number of hydrogen-bond acceptors (Lipinski definition) is 3. The van der Waals surface area contributed by atoms with E-state index in [1.54, 1.807) is 12.4 Å². The highest BCUT2D eigenvalue weighted by molar-refractivity contribution is 5.84. The Labute approximate surface area is 144 Å². The number of halogens is 2. The zero-order valence-electron chi connectivity index (χ0n) is 14.0. The topological polar surface area (TPSA) is 58.4 Å². The van der Waals surface area contributed by atoms with Crippen molar-refractivity contribution in [2.45, 2.75) is 43.9 Å². The summed E-state index contributed by atoms with van der Waals surface area (Å²) < 4.78 is 30.4. The highest BCUT2D eigenvalue weighted by Gasteiger charge is 2.61. The van der Waals surface area contributed by atoms with E-state index in [9.17, 15) is 18.7 Å². The molecule has 1 aliphatic carbocycles. The molecule has 25 heavy (non-hydrogen) atoms. The van der Waals surface area contributed by atoms with Crippen molar-refractivity contribution in [1.29, 1.82) is 0 Å². The SMILES string of the molecule is CN(Cc1nccn1Cc1ccccc1)C(=O)C(F)(F)C1(O)CCC1. The average Bonchev–Trinajstić information content (AvgIpc) is 2.99. The van der Waals surface area contributed by atoms with Crippen LogP contribution < -0.4 is 0 Å². The lowest BCUT2D eigenvalue weighted by molar-refractivity contribution is -0.223. The third-order valence-electron chi connectivity index (χ3n) is 4.76. The van der Waals surface area contributed by atoms with E-state index >= 15 is 0 Å². The molecule has 0 saturated heterocycles. The molecule has 1 heterocycles. The van der Waals surface area contributed by atoms with Gasteiger partial charge in [0.2, 0.25) is 0 Å². The minimum absolute atomic E-state index is 0.0513. The number of rotatable bonds is 6. The second kappa shape index (κ2) is 6.55. The highest BCUT2D eigenvalue weighted by atomic mass is 19.3. The van der Waals surface area contributed by atoms with E-state index in [-0.39, 0.29) is 19.4 Å². The number of carbonyl (C=O) groups excluding carboxylic acids is 1. The Morgan fingerprint density at radius 2 is 2.04 bits per heavy atom. The van der Waals surface area contributed by atoms with Gasteiger partial charge >= 0.3 is 5.92 Å². The number of alkyl halides is 2. The van der Waals surface area contributed by atoms with Crippen molar-refractivity contribution in [3.8, 4) is 0 Å². The van der Waals surface area contributed by atoms with Crippen molar-refractivity contribution in [2.24, 2.45) is 0 Å². The fourth-order valence-corrected chi connectivity index (χ4v) is 2.96. The third kappa shape index (κ3) is 3.28. The van der Waals surface area contributed by atoms with Crippen molar-refractivity contribution >= 4 is 5.91 Å². The molecule has 1 aromatic heterocycles. The maximum Gasteiger partial charge on any atom is 0.352 e. The Hall–Kier alpha value is -2.28. The first-order valence-corrected chi connectivity index (χ1v) is 8.23. The van der Waals surface area contributed by atoms with Crippen LogP contribution in [0.5, 0.6) is 0 Å². The van der Waals surface area contributed by atoms with Gasteiger partial charge in [0.15, 0.2) is 0 Å². The summed E-state index contributed by atoms with van der Waals surface area (Å²) in [4.78, 5) is 17.3. The summed E-state index contributed by atoms with van der Waals surface area (Å²) in [5.41, 5.74) is -1.16. The largest absolute Gasteiger partial charge is 0.383 e. The van der Waals surface area contributed by atoms with Gasteiger partial charge in [0, 0.05) is 26.0 Å². The lowest BCUT2D eigenvalue weighted by Crippen LogP contribution is -2.60. The first-order valence-electron chi connectivity index (χ1n) is 8.23. The van der Waals surface area contributed by atoms with Crippen LogP contribution in [0.4, 0.5) is 8.78 Å². The number of aliphatic hydroxyl groups is 1. The summed E-state index contributed by atoms with van der Waals surface area (Å²) in [6, 6.07) is 9.67. The molecule has 7 heteroatoms. The Bertz CT molecular complexity index is 742. The molecule has 1 fully saturated rings. The van der Waals surface area contributed by atoms with Crippen molar-refractivity contribution in [3.05, 3.63) is 54.1 Å². The van der Waals surface area contributed by atoms with Gasteiger partial charge < -0.3 is 14.6 Å². The average molecular weight is 349 g/mol. The second-order valence-corrected chi connectivity index (χ2v) is 6.58. The monoisotopic (exact) mass is 349 g/mol. The fourth-order valence-electron chi connectivity index (χ4n) is 2.96. The molecule has 1 amide bonds. The van der Waals surface area contributed by atoms with Crippen molar-refractivity contribution in [3.63, 3.8) is 0 Å². The molecular weight excluding hydrogens is 328 g/mol. The Morgan fingerprint density at radius 1 is 1.36 bits per heavy atom. The van der Waals surface area contributed by atoms with Gasteiger partial charge in [-0.15, -0.1) is 0 Å². The molecule has 0 atom stereocenters. The number of imidazole rings is 1. The molecule has 0 bridgehead atoms. The Balaban J connectivity index is 1.70. The molecule has 5 nitrogen and oxygen atoms in total. The quantitative estimate of drug-likeness (QED) is 0.871. The summed E-state index contributed by atoms with van der Waals surface area (Å²) in [7, 11) is 1.31. The Morgan fingerprint density at radius 3 is 2.64 bits per heavy atom.